The van der Waals surface area contributed by atoms with Gasteiger partial charge in [0.05, 0.1) is 18.3 Å². The first-order valence-corrected chi connectivity index (χ1v) is 13.2. The van der Waals surface area contributed by atoms with E-state index in [2.05, 4.69) is 0 Å². The molecule has 2 aliphatic rings. The molecule has 6 nitrogen and oxygen atoms in total. The number of carbonyl (C=O) groups is 2. The Morgan fingerprint density at radius 3 is 2.61 bits per heavy atom. The van der Waals surface area contributed by atoms with E-state index in [0.717, 1.165) is 25.7 Å². The molecular weight excluding hydrogens is 415 g/mol. The zero-order valence-electron chi connectivity index (χ0n) is 18.7. The number of ether oxygens (including phenoxy) is 2. The Kier molecular flexibility index (Phi) is 8.12. The van der Waals surface area contributed by atoms with Gasteiger partial charge in [0.15, 0.2) is 0 Å². The van der Waals surface area contributed by atoms with Crippen molar-refractivity contribution in [3.05, 3.63) is 47.0 Å². The van der Waals surface area contributed by atoms with E-state index < -0.39 is 25.6 Å². The molecule has 1 saturated carbocycles. The highest BCUT2D eigenvalue weighted by molar-refractivity contribution is 7.59. The fourth-order valence-electron chi connectivity index (χ4n) is 4.36. The first kappa shape index (κ1) is 23.7. The van der Waals surface area contributed by atoms with Crippen LogP contribution >= 0.6 is 7.37 Å². The van der Waals surface area contributed by atoms with E-state index in [4.69, 9.17) is 14.0 Å². The molecule has 1 aliphatic heterocycles. The highest BCUT2D eigenvalue weighted by atomic mass is 31.2. The normalized spacial score (nSPS) is 21.5. The number of hydrogen-bond donors (Lipinski definition) is 0. The van der Waals surface area contributed by atoms with Gasteiger partial charge in [-0.25, -0.2) is 9.59 Å². The van der Waals surface area contributed by atoms with Crippen molar-refractivity contribution < 1.29 is 28.2 Å². The molecule has 1 aliphatic carbocycles. The van der Waals surface area contributed by atoms with Gasteiger partial charge in [-0.15, -0.1) is 0 Å². The van der Waals surface area contributed by atoms with E-state index in [1.54, 1.807) is 24.3 Å². The Labute approximate surface area is 184 Å². The lowest BCUT2D eigenvalue weighted by Gasteiger charge is -2.24. The Bertz CT molecular complexity index is 869. The highest BCUT2D eigenvalue weighted by Gasteiger charge is 2.36. The second-order valence-corrected chi connectivity index (χ2v) is 11.4. The minimum atomic E-state index is -3.05. The Morgan fingerprint density at radius 1 is 1.23 bits per heavy atom. The van der Waals surface area contributed by atoms with E-state index >= 15 is 0 Å². The quantitative estimate of drug-likeness (QED) is 0.267. The topological polar surface area (TPSA) is 78.9 Å². The third-order valence-electron chi connectivity index (χ3n) is 5.63. The van der Waals surface area contributed by atoms with E-state index in [-0.39, 0.29) is 18.0 Å². The first-order chi connectivity index (χ1) is 14.8. The molecule has 1 fully saturated rings. The number of rotatable bonds is 9. The van der Waals surface area contributed by atoms with Gasteiger partial charge < -0.3 is 14.0 Å². The molecule has 2 atom stereocenters. The summed E-state index contributed by atoms with van der Waals surface area (Å²) in [4.78, 5) is 25.3. The highest BCUT2D eigenvalue weighted by Crippen LogP contribution is 2.50. The number of hydrogen-bond acceptors (Lipinski definition) is 6. The average Bonchev–Trinajstić information content (AvgIpc) is 3.03. The summed E-state index contributed by atoms with van der Waals surface area (Å²) in [6.45, 7) is 6.11. The molecule has 31 heavy (non-hydrogen) atoms. The van der Waals surface area contributed by atoms with Gasteiger partial charge >= 0.3 is 11.9 Å². The van der Waals surface area contributed by atoms with Crippen LogP contribution in [0.2, 0.25) is 0 Å². The SMILES string of the molecule is CCOP(=O)(CC(=CC1CCCCC1)C(=O)OC1OC(=O)c2ccccc21)CC(C)C. The van der Waals surface area contributed by atoms with Gasteiger partial charge in [0, 0.05) is 17.3 Å². The number of benzene rings is 1. The summed E-state index contributed by atoms with van der Waals surface area (Å²) < 4.78 is 30.1. The van der Waals surface area contributed by atoms with Crippen molar-refractivity contribution in [3.8, 4) is 0 Å². The molecular formula is C24H33O6P. The van der Waals surface area contributed by atoms with E-state index in [0.29, 0.717) is 29.5 Å². The molecule has 2 unspecified atom stereocenters. The molecule has 7 heteroatoms. The minimum Gasteiger partial charge on any atom is -0.417 e. The van der Waals surface area contributed by atoms with Crippen LogP contribution < -0.4 is 0 Å². The molecule has 170 valence electrons. The van der Waals surface area contributed by atoms with Gasteiger partial charge in [-0.1, -0.05) is 57.4 Å². The third-order valence-corrected chi connectivity index (χ3v) is 8.47. The van der Waals surface area contributed by atoms with Gasteiger partial charge in [-0.2, -0.15) is 0 Å². The minimum absolute atomic E-state index is 0.0384. The molecule has 0 amide bonds. The summed E-state index contributed by atoms with van der Waals surface area (Å²) in [5.74, 6) is -0.675. The first-order valence-electron chi connectivity index (χ1n) is 11.3. The number of allylic oxidation sites excluding steroid dienone is 1. The monoisotopic (exact) mass is 448 g/mol. The maximum absolute atomic E-state index is 13.5. The van der Waals surface area contributed by atoms with Crippen LogP contribution in [0.15, 0.2) is 35.9 Å². The molecule has 1 aromatic rings. The van der Waals surface area contributed by atoms with Crippen LogP contribution in [0, 0.1) is 11.8 Å². The smallest absolute Gasteiger partial charge is 0.342 e. The lowest BCUT2D eigenvalue weighted by molar-refractivity contribution is -0.162. The third kappa shape index (κ3) is 6.30. The predicted molar refractivity (Wildman–Crippen MR) is 119 cm³/mol. The number of fused-ring (bicyclic) bond motifs is 1. The summed E-state index contributed by atoms with van der Waals surface area (Å²) in [6, 6.07) is 6.87. The van der Waals surface area contributed by atoms with Crippen molar-refractivity contribution in [1.29, 1.82) is 0 Å². The second kappa shape index (κ2) is 10.6. The molecule has 3 rings (SSSR count). The predicted octanol–water partition coefficient (Wildman–Crippen LogP) is 5.88. The molecule has 0 bridgehead atoms. The maximum atomic E-state index is 13.5. The van der Waals surface area contributed by atoms with Crippen molar-refractivity contribution in [1.82, 2.24) is 0 Å². The summed E-state index contributed by atoms with van der Waals surface area (Å²) in [5.41, 5.74) is 1.30. The zero-order valence-corrected chi connectivity index (χ0v) is 19.6. The van der Waals surface area contributed by atoms with Gasteiger partial charge in [-0.05, 0) is 37.7 Å². The average molecular weight is 448 g/mol. The van der Waals surface area contributed by atoms with Crippen LogP contribution in [0.1, 0.15) is 75.1 Å². The standard InChI is InChI=1S/C24H33O6P/c1-4-28-31(27,15-17(2)3)16-19(14-18-10-6-5-7-11-18)22(25)29-24-21-13-9-8-12-20(21)23(26)30-24/h8-9,12-14,17-18,24H,4-7,10-11,15-16H2,1-3H3. The van der Waals surface area contributed by atoms with Gasteiger partial charge in [0.25, 0.3) is 6.29 Å². The summed E-state index contributed by atoms with van der Waals surface area (Å²) in [5, 5.41) is 0. The molecule has 1 heterocycles. The Balaban J connectivity index is 1.83. The van der Waals surface area contributed by atoms with Crippen molar-refractivity contribution in [2.45, 2.75) is 59.2 Å². The number of cyclic esters (lactones) is 1. The van der Waals surface area contributed by atoms with Crippen LogP contribution in [0.3, 0.4) is 0 Å². The second-order valence-electron chi connectivity index (χ2n) is 8.79. The summed E-state index contributed by atoms with van der Waals surface area (Å²) in [6.07, 6.45) is 6.72. The molecule has 0 radical (unpaired) electrons. The lowest BCUT2D eigenvalue weighted by Crippen LogP contribution is -2.19. The Morgan fingerprint density at radius 2 is 1.94 bits per heavy atom. The van der Waals surface area contributed by atoms with Crippen LogP contribution in [0.5, 0.6) is 0 Å². The van der Waals surface area contributed by atoms with Crippen molar-refractivity contribution in [2.24, 2.45) is 11.8 Å². The van der Waals surface area contributed by atoms with E-state index in [9.17, 15) is 14.2 Å². The summed E-state index contributed by atoms with van der Waals surface area (Å²) >= 11 is 0. The van der Waals surface area contributed by atoms with E-state index in [1.165, 1.54) is 6.42 Å². The largest absolute Gasteiger partial charge is 0.417 e. The van der Waals surface area contributed by atoms with Crippen molar-refractivity contribution in [3.63, 3.8) is 0 Å². The van der Waals surface area contributed by atoms with Crippen LogP contribution in [0.25, 0.3) is 0 Å². The molecule has 1 aromatic carbocycles. The lowest BCUT2D eigenvalue weighted by atomic mass is 9.88. The van der Waals surface area contributed by atoms with Gasteiger partial charge in [0.1, 0.15) is 0 Å². The Hall–Kier alpha value is -1.91. The summed E-state index contributed by atoms with van der Waals surface area (Å²) in [7, 11) is -3.05. The fourth-order valence-corrected chi connectivity index (χ4v) is 7.02. The molecule has 0 spiro atoms. The van der Waals surface area contributed by atoms with Crippen LogP contribution in [-0.2, 0) is 23.4 Å². The zero-order chi connectivity index (χ0) is 22.4. The number of esters is 2. The maximum Gasteiger partial charge on any atom is 0.342 e. The van der Waals surface area contributed by atoms with Crippen molar-refractivity contribution >= 4 is 19.3 Å². The number of carbonyl (C=O) groups excluding carboxylic acids is 2. The van der Waals surface area contributed by atoms with Crippen LogP contribution in [0.4, 0.5) is 0 Å². The van der Waals surface area contributed by atoms with Gasteiger partial charge in [0.2, 0.25) is 7.37 Å². The van der Waals surface area contributed by atoms with Gasteiger partial charge in [-0.3, -0.25) is 4.57 Å². The molecule has 0 aromatic heterocycles. The van der Waals surface area contributed by atoms with Crippen molar-refractivity contribution in [2.75, 3.05) is 18.9 Å². The van der Waals surface area contributed by atoms with E-state index in [1.807, 2.05) is 26.8 Å². The molecule has 0 N–H and O–H groups in total. The fraction of sp³-hybridized carbons (Fsp3) is 0.583. The van der Waals surface area contributed by atoms with Crippen LogP contribution in [-0.4, -0.2) is 30.9 Å². The molecule has 0 saturated heterocycles.